The number of halogens is 3. The van der Waals surface area contributed by atoms with Gasteiger partial charge in [0.1, 0.15) is 0 Å². The highest BCUT2D eigenvalue weighted by atomic mass is 32.2. The molecule has 2 aromatic rings. The molecule has 4 N–H and O–H groups in total. The topological polar surface area (TPSA) is 119 Å². The molecule has 0 spiro atoms. The van der Waals surface area contributed by atoms with Gasteiger partial charge in [0.2, 0.25) is 10.0 Å². The Bertz CT molecular complexity index is 1030. The Hall–Kier alpha value is -2.44. The maximum atomic E-state index is 13.4. The van der Waals surface area contributed by atoms with E-state index >= 15 is 0 Å². The van der Waals surface area contributed by atoms with Gasteiger partial charge in [-0.1, -0.05) is 0 Å². The van der Waals surface area contributed by atoms with Crippen LogP contribution in [-0.4, -0.2) is 37.2 Å². The molecule has 1 amide bonds. The molecule has 1 aliphatic heterocycles. The third kappa shape index (κ3) is 3.75. The highest BCUT2D eigenvalue weighted by Crippen LogP contribution is 2.35. The van der Waals surface area contributed by atoms with Crippen molar-refractivity contribution in [1.82, 2.24) is 20.4 Å². The number of sulfonamides is 1. The number of hydrogen-bond donors (Lipinski definition) is 3. The lowest BCUT2D eigenvalue weighted by atomic mass is 10.1. The van der Waals surface area contributed by atoms with Crippen molar-refractivity contribution in [1.29, 1.82) is 0 Å². The van der Waals surface area contributed by atoms with Crippen molar-refractivity contribution in [3.05, 3.63) is 40.7 Å². The summed E-state index contributed by atoms with van der Waals surface area (Å²) < 4.78 is 64.6. The second-order valence-electron chi connectivity index (χ2n) is 6.19. The standard InChI is InChI=1S/C16H18F3N5O3S/c1-2-22-15(25)10-7-9(28(20,26)27)3-4-12(10)24-13-5-6-21-8-11(13)14(23-24)16(17,18)19/h3-4,7,21H,2,5-6,8H2,1H3,(H,22,25)(H2,20,26,27). The Morgan fingerprint density at radius 1 is 1.39 bits per heavy atom. The minimum Gasteiger partial charge on any atom is -0.352 e. The molecule has 8 nitrogen and oxygen atoms in total. The zero-order valence-corrected chi connectivity index (χ0v) is 15.6. The van der Waals surface area contributed by atoms with Crippen molar-refractivity contribution in [2.75, 3.05) is 13.1 Å². The quantitative estimate of drug-likeness (QED) is 0.684. The summed E-state index contributed by atoms with van der Waals surface area (Å²) in [6, 6.07) is 3.41. The predicted molar refractivity (Wildman–Crippen MR) is 93.4 cm³/mol. The van der Waals surface area contributed by atoms with Gasteiger partial charge in [0, 0.05) is 31.6 Å². The maximum Gasteiger partial charge on any atom is 0.435 e. The Morgan fingerprint density at radius 2 is 2.11 bits per heavy atom. The number of primary sulfonamides is 1. The summed E-state index contributed by atoms with van der Waals surface area (Å²) in [6.07, 6.45) is -4.40. The highest BCUT2D eigenvalue weighted by molar-refractivity contribution is 7.89. The number of nitrogens with zero attached hydrogens (tertiary/aromatic N) is 2. The summed E-state index contributed by atoms with van der Waals surface area (Å²) in [6.45, 7) is 2.34. The molecule has 0 unspecified atom stereocenters. The molecule has 2 heterocycles. The van der Waals surface area contributed by atoms with Crippen LogP contribution in [0, 0.1) is 0 Å². The summed E-state index contributed by atoms with van der Waals surface area (Å²) in [4.78, 5) is 12.1. The molecule has 0 bridgehead atoms. The zero-order valence-electron chi connectivity index (χ0n) is 14.8. The van der Waals surface area contributed by atoms with Crippen LogP contribution in [0.2, 0.25) is 0 Å². The largest absolute Gasteiger partial charge is 0.435 e. The van der Waals surface area contributed by atoms with Crippen molar-refractivity contribution in [3.63, 3.8) is 0 Å². The number of nitrogens with one attached hydrogen (secondary N) is 2. The monoisotopic (exact) mass is 417 g/mol. The van der Waals surface area contributed by atoms with E-state index in [0.29, 0.717) is 12.2 Å². The van der Waals surface area contributed by atoms with E-state index in [2.05, 4.69) is 15.7 Å². The number of alkyl halides is 3. The number of aromatic nitrogens is 2. The van der Waals surface area contributed by atoms with E-state index in [0.717, 1.165) is 16.8 Å². The van der Waals surface area contributed by atoms with Crippen molar-refractivity contribution < 1.29 is 26.4 Å². The molecule has 28 heavy (non-hydrogen) atoms. The third-order valence-electron chi connectivity index (χ3n) is 4.31. The second kappa shape index (κ2) is 7.18. The third-order valence-corrected chi connectivity index (χ3v) is 5.22. The van der Waals surface area contributed by atoms with Gasteiger partial charge in [-0.05, 0) is 25.1 Å². The summed E-state index contributed by atoms with van der Waals surface area (Å²) >= 11 is 0. The fourth-order valence-corrected chi connectivity index (χ4v) is 3.63. The first-order valence-corrected chi connectivity index (χ1v) is 9.92. The van der Waals surface area contributed by atoms with Crippen LogP contribution < -0.4 is 15.8 Å². The predicted octanol–water partition coefficient (Wildman–Crippen LogP) is 0.934. The molecule has 0 saturated carbocycles. The molecular weight excluding hydrogens is 399 g/mol. The molecule has 1 aliphatic rings. The van der Waals surface area contributed by atoms with E-state index in [4.69, 9.17) is 5.14 Å². The smallest absolute Gasteiger partial charge is 0.352 e. The summed E-state index contributed by atoms with van der Waals surface area (Å²) in [7, 11) is -4.11. The lowest BCUT2D eigenvalue weighted by Gasteiger charge is -2.17. The number of carbonyl (C=O) groups excluding carboxylic acids is 1. The Morgan fingerprint density at radius 3 is 2.71 bits per heavy atom. The van der Waals surface area contributed by atoms with Crippen molar-refractivity contribution in [2.45, 2.75) is 31.0 Å². The molecule has 1 aromatic heterocycles. The molecular formula is C16H18F3N5O3S. The number of amides is 1. The van der Waals surface area contributed by atoms with Gasteiger partial charge < -0.3 is 10.6 Å². The Labute approximate surface area is 159 Å². The average molecular weight is 417 g/mol. The summed E-state index contributed by atoms with van der Waals surface area (Å²) in [5.41, 5.74) is -0.791. The van der Waals surface area contributed by atoms with Crippen LogP contribution in [-0.2, 0) is 29.2 Å². The molecule has 0 radical (unpaired) electrons. The highest BCUT2D eigenvalue weighted by Gasteiger charge is 2.40. The van der Waals surface area contributed by atoms with Gasteiger partial charge >= 0.3 is 6.18 Å². The van der Waals surface area contributed by atoms with Gasteiger partial charge in [-0.25, -0.2) is 18.2 Å². The van der Waals surface area contributed by atoms with Gasteiger partial charge in [-0.2, -0.15) is 18.3 Å². The van der Waals surface area contributed by atoms with Crippen LogP contribution in [0.3, 0.4) is 0 Å². The summed E-state index contributed by atoms with van der Waals surface area (Å²) in [5, 5.41) is 14.2. The number of nitrogens with two attached hydrogens (primary N) is 1. The first-order valence-electron chi connectivity index (χ1n) is 8.38. The SMILES string of the molecule is CCNC(=O)c1cc(S(N)(=O)=O)ccc1-n1nc(C(F)(F)F)c2c1CCNC2. The van der Waals surface area contributed by atoms with Crippen LogP contribution in [0.4, 0.5) is 13.2 Å². The molecule has 0 fully saturated rings. The average Bonchev–Trinajstić information content (AvgIpc) is 3.00. The molecule has 1 aromatic carbocycles. The van der Waals surface area contributed by atoms with E-state index in [1.54, 1.807) is 6.92 Å². The first-order chi connectivity index (χ1) is 13.0. The van der Waals surface area contributed by atoms with Crippen molar-refractivity contribution in [2.24, 2.45) is 5.14 Å². The lowest BCUT2D eigenvalue weighted by molar-refractivity contribution is -0.142. The van der Waals surface area contributed by atoms with E-state index in [-0.39, 0.29) is 41.2 Å². The minimum atomic E-state index is -4.67. The Kier molecular flexibility index (Phi) is 5.21. The van der Waals surface area contributed by atoms with Crippen LogP contribution in [0.15, 0.2) is 23.1 Å². The van der Waals surface area contributed by atoms with Crippen molar-refractivity contribution in [3.8, 4) is 5.69 Å². The van der Waals surface area contributed by atoms with Gasteiger partial charge in [0.15, 0.2) is 5.69 Å². The summed E-state index contributed by atoms with van der Waals surface area (Å²) in [5.74, 6) is -0.644. The van der Waals surface area contributed by atoms with E-state index in [9.17, 15) is 26.4 Å². The fourth-order valence-electron chi connectivity index (χ4n) is 3.09. The fraction of sp³-hybridized carbons (Fsp3) is 0.375. The van der Waals surface area contributed by atoms with Crippen LogP contribution in [0.1, 0.15) is 34.2 Å². The normalized spacial score (nSPS) is 14.6. The minimum absolute atomic E-state index is 0.00404. The van der Waals surface area contributed by atoms with Crippen LogP contribution in [0.5, 0.6) is 0 Å². The first kappa shape index (κ1) is 20.3. The van der Waals surface area contributed by atoms with E-state index in [1.165, 1.54) is 6.07 Å². The van der Waals surface area contributed by atoms with Crippen LogP contribution >= 0.6 is 0 Å². The second-order valence-corrected chi connectivity index (χ2v) is 7.76. The Balaban J connectivity index is 2.26. The van der Waals surface area contributed by atoms with Gasteiger partial charge in [0.05, 0.1) is 21.8 Å². The van der Waals surface area contributed by atoms with E-state index < -0.39 is 27.8 Å². The van der Waals surface area contributed by atoms with Crippen molar-refractivity contribution >= 4 is 15.9 Å². The van der Waals surface area contributed by atoms with Gasteiger partial charge in [0.25, 0.3) is 5.91 Å². The van der Waals surface area contributed by atoms with Crippen LogP contribution in [0.25, 0.3) is 5.69 Å². The molecule has 12 heteroatoms. The van der Waals surface area contributed by atoms with Gasteiger partial charge in [-0.15, -0.1) is 0 Å². The lowest BCUT2D eigenvalue weighted by Crippen LogP contribution is -2.27. The molecule has 152 valence electrons. The number of carbonyl (C=O) groups is 1. The number of fused-ring (bicyclic) bond motifs is 1. The molecule has 0 aliphatic carbocycles. The number of benzene rings is 1. The zero-order chi connectivity index (χ0) is 20.7. The number of hydrogen-bond acceptors (Lipinski definition) is 5. The van der Waals surface area contributed by atoms with E-state index in [1.807, 2.05) is 0 Å². The molecule has 3 rings (SSSR count). The molecule has 0 saturated heterocycles. The number of rotatable bonds is 4. The maximum absolute atomic E-state index is 13.4. The van der Waals surface area contributed by atoms with Gasteiger partial charge in [-0.3, -0.25) is 4.79 Å². The molecule has 0 atom stereocenters.